The van der Waals surface area contributed by atoms with Crippen LogP contribution in [-0.2, 0) is 26.0 Å². The lowest BCUT2D eigenvalue weighted by Crippen LogP contribution is -2.46. The predicted octanol–water partition coefficient (Wildman–Crippen LogP) is 9.54. The first kappa shape index (κ1) is 51.7. The van der Waals surface area contributed by atoms with Crippen molar-refractivity contribution < 1.29 is 58.2 Å². The highest BCUT2D eigenvalue weighted by Gasteiger charge is 2.49. The highest BCUT2D eigenvalue weighted by Crippen LogP contribution is 2.41. The molecule has 2 aliphatic heterocycles. The number of alkyl halides is 6. The predicted molar refractivity (Wildman–Crippen MR) is 253 cm³/mol. The fourth-order valence-electron chi connectivity index (χ4n) is 9.21. The number of sulfonamides is 1. The number of aliphatic hydroxyl groups excluding tert-OH is 2. The van der Waals surface area contributed by atoms with E-state index in [1.54, 1.807) is 36.4 Å². The van der Waals surface area contributed by atoms with Crippen LogP contribution in [0.25, 0.3) is 11.1 Å². The smallest absolute Gasteiger partial charge is 0.395 e. The van der Waals surface area contributed by atoms with E-state index in [1.165, 1.54) is 36.0 Å². The van der Waals surface area contributed by atoms with Gasteiger partial charge in [-0.15, -0.1) is 11.8 Å². The topological polar surface area (TPSA) is 156 Å². The number of nitrogens with one attached hydrogen (secondary N) is 2. The van der Waals surface area contributed by atoms with E-state index in [4.69, 9.17) is 0 Å². The Balaban J connectivity index is 1.04. The zero-order valence-electron chi connectivity index (χ0n) is 37.4. The molecule has 2 aliphatic rings. The number of benzene rings is 5. The largest absolute Gasteiger partial charge is 0.501 e. The van der Waals surface area contributed by atoms with Crippen molar-refractivity contribution >= 4 is 48.9 Å². The molecule has 0 bridgehead atoms. The lowest BCUT2D eigenvalue weighted by Gasteiger charge is -2.38. The van der Waals surface area contributed by atoms with Gasteiger partial charge in [0.25, 0.3) is 25.8 Å². The quantitative estimate of drug-likeness (QED) is 0.0520. The lowest BCUT2D eigenvalue weighted by atomic mass is 9.84. The van der Waals surface area contributed by atoms with Gasteiger partial charge < -0.3 is 20.4 Å². The van der Waals surface area contributed by atoms with Crippen molar-refractivity contribution in [3.05, 3.63) is 138 Å². The summed E-state index contributed by atoms with van der Waals surface area (Å²) < 4.78 is 138. The van der Waals surface area contributed by atoms with Crippen LogP contribution in [-0.4, -0.2) is 93.5 Å². The van der Waals surface area contributed by atoms with E-state index < -0.39 is 76.2 Å². The Morgan fingerprint density at radius 2 is 1.49 bits per heavy atom. The van der Waals surface area contributed by atoms with Crippen molar-refractivity contribution in [2.24, 2.45) is 5.92 Å². The maximum absolute atomic E-state index is 14.3. The number of likely N-dealkylation sites (tertiary alicyclic amines) is 1. The average Bonchev–Trinajstić information content (AvgIpc) is 3.68. The van der Waals surface area contributed by atoms with Crippen LogP contribution in [0.4, 0.5) is 37.7 Å². The minimum absolute atomic E-state index is 0.106. The van der Waals surface area contributed by atoms with Crippen LogP contribution in [0.5, 0.6) is 0 Å². The van der Waals surface area contributed by atoms with Gasteiger partial charge in [0.05, 0.1) is 28.9 Å². The van der Waals surface area contributed by atoms with E-state index in [2.05, 4.69) is 10.2 Å². The molecule has 0 aliphatic carbocycles. The second-order valence-corrected chi connectivity index (χ2v) is 22.2. The molecule has 5 aromatic rings. The zero-order chi connectivity index (χ0) is 49.8. The van der Waals surface area contributed by atoms with Gasteiger partial charge in [-0.25, -0.2) is 21.6 Å². The van der Waals surface area contributed by atoms with Crippen LogP contribution >= 0.6 is 11.8 Å². The number of hydrogen-bond donors (Lipinski definition) is 4. The SMILES string of the molecule is C[C@@]1(C[C@H](CSc2ccccc2)Nc2ccc(S(=O)(=O)NC(=O)c3ccc(N4CCC([C@@H](O)c5ccccc5-c5ccc(C(F)(F)F)cc5)CC4)cc3)cc2S(=O)(=O)C(F)(F)F)CCCN1CCO. The Kier molecular flexibility index (Phi) is 15.8. The molecule has 1 amide bonds. The number of halogens is 6. The summed E-state index contributed by atoms with van der Waals surface area (Å²) in [5, 5.41) is 24.2. The molecule has 2 fully saturated rings. The van der Waals surface area contributed by atoms with E-state index in [1.807, 2.05) is 46.9 Å². The fourth-order valence-corrected chi connectivity index (χ4v) is 12.2. The number of carbonyl (C=O) groups excluding carboxylic acids is 1. The number of β-amino-alcohol motifs (C(OH)–C–C–N with tert-alkyl or cyclic N) is 1. The van der Waals surface area contributed by atoms with Gasteiger partial charge in [0.15, 0.2) is 0 Å². The number of amides is 1. The molecule has 11 nitrogen and oxygen atoms in total. The maximum Gasteiger partial charge on any atom is 0.501 e. The lowest BCUT2D eigenvalue weighted by molar-refractivity contribution is -0.137. The molecule has 4 N–H and O–H groups in total. The number of nitrogens with zero attached hydrogens (tertiary/aromatic N) is 2. The second-order valence-electron chi connectivity index (χ2n) is 17.5. The molecule has 7 rings (SSSR count). The standard InChI is InChI=1S/C49H52F6N4O7S3/c1-47(24-7-25-59(47)28-29-60)31-37(32-67-39-8-3-2-4-9-39)56-43-21-20-40(30-44(43)68(63,64)49(53,54)55)69(65,66)57-46(62)35-14-18-38(19-15-35)58-26-22-34(23-27-58)45(61)42-11-6-5-10-41(42)33-12-16-36(17-13-33)48(50,51)52/h2-6,8-21,30,34,37,45,56,60-61H,7,22-29,31-32H2,1H3,(H,57,62)/t37-,45-,47+/m1/s1. The summed E-state index contributed by atoms with van der Waals surface area (Å²) in [6, 6.07) is 28.5. The molecular weight excluding hydrogens is 967 g/mol. The number of piperidine rings is 1. The summed E-state index contributed by atoms with van der Waals surface area (Å²) in [6.45, 7) is 3.92. The highest BCUT2D eigenvalue weighted by molar-refractivity contribution is 7.99. The van der Waals surface area contributed by atoms with Gasteiger partial charge >= 0.3 is 11.7 Å². The minimum atomic E-state index is -6.14. The van der Waals surface area contributed by atoms with Crippen molar-refractivity contribution in [2.75, 3.05) is 48.8 Å². The molecule has 2 heterocycles. The highest BCUT2D eigenvalue weighted by atomic mass is 32.2. The third-order valence-corrected chi connectivity index (χ3v) is 16.9. The average molecular weight is 1020 g/mol. The summed E-state index contributed by atoms with van der Waals surface area (Å²) in [4.78, 5) is 16.1. The van der Waals surface area contributed by atoms with Gasteiger partial charge in [-0.1, -0.05) is 54.6 Å². The van der Waals surface area contributed by atoms with E-state index in [0.717, 1.165) is 42.0 Å². The molecule has 0 saturated carbocycles. The van der Waals surface area contributed by atoms with Gasteiger partial charge in [0, 0.05) is 53.1 Å². The molecule has 69 heavy (non-hydrogen) atoms. The first-order chi connectivity index (χ1) is 32.6. The molecule has 370 valence electrons. The zero-order valence-corrected chi connectivity index (χ0v) is 39.8. The second kappa shape index (κ2) is 21.1. The molecule has 2 saturated heterocycles. The number of sulfone groups is 1. The van der Waals surface area contributed by atoms with E-state index >= 15 is 0 Å². The Morgan fingerprint density at radius 3 is 2.13 bits per heavy atom. The van der Waals surface area contributed by atoms with Crippen LogP contribution in [0.2, 0.25) is 0 Å². The Bertz CT molecular complexity index is 2790. The van der Waals surface area contributed by atoms with Crippen molar-refractivity contribution in [2.45, 2.75) is 83.1 Å². The summed E-state index contributed by atoms with van der Waals surface area (Å²) in [6.07, 6.45) is -2.43. The number of aliphatic hydroxyl groups is 2. The van der Waals surface area contributed by atoms with Crippen LogP contribution in [0.15, 0.2) is 136 Å². The van der Waals surface area contributed by atoms with Crippen molar-refractivity contribution in [3.63, 3.8) is 0 Å². The number of hydrogen-bond acceptors (Lipinski definition) is 11. The van der Waals surface area contributed by atoms with Crippen LogP contribution in [0, 0.1) is 5.92 Å². The Labute approximate surface area is 401 Å². The summed E-state index contributed by atoms with van der Waals surface area (Å²) >= 11 is 1.40. The number of rotatable bonds is 17. The fraction of sp³-hybridized carbons (Fsp3) is 0.367. The molecule has 0 radical (unpaired) electrons. The van der Waals surface area contributed by atoms with Gasteiger partial charge in [0.1, 0.15) is 4.90 Å². The number of carbonyl (C=O) groups is 1. The first-order valence-corrected chi connectivity index (χ1v) is 26.2. The Hall–Kier alpha value is -5.12. The third kappa shape index (κ3) is 12.1. The summed E-state index contributed by atoms with van der Waals surface area (Å²) in [5.41, 5.74) is -5.23. The normalized spacial score (nSPS) is 18.5. The third-order valence-electron chi connectivity index (χ3n) is 12.9. The molecule has 0 spiro atoms. The summed E-state index contributed by atoms with van der Waals surface area (Å²) in [5.74, 6) is -1.01. The maximum atomic E-state index is 14.3. The molecule has 3 atom stereocenters. The number of anilines is 2. The van der Waals surface area contributed by atoms with Gasteiger partial charge in [-0.3, -0.25) is 9.69 Å². The summed E-state index contributed by atoms with van der Waals surface area (Å²) in [7, 11) is -11.1. The van der Waals surface area contributed by atoms with Gasteiger partial charge in [-0.05, 0) is 135 Å². The van der Waals surface area contributed by atoms with Crippen molar-refractivity contribution in [1.29, 1.82) is 0 Å². The number of thioether (sulfide) groups is 1. The van der Waals surface area contributed by atoms with Gasteiger partial charge in [0.2, 0.25) is 0 Å². The molecule has 0 aromatic heterocycles. The first-order valence-electron chi connectivity index (χ1n) is 22.2. The molecule has 5 aromatic carbocycles. The van der Waals surface area contributed by atoms with E-state index in [0.29, 0.717) is 79.6 Å². The van der Waals surface area contributed by atoms with Crippen LogP contribution in [0.3, 0.4) is 0 Å². The van der Waals surface area contributed by atoms with Crippen molar-refractivity contribution in [1.82, 2.24) is 9.62 Å². The molecule has 20 heteroatoms. The van der Waals surface area contributed by atoms with E-state index in [-0.39, 0.29) is 18.1 Å². The monoisotopic (exact) mass is 1020 g/mol. The van der Waals surface area contributed by atoms with Crippen LogP contribution in [0.1, 0.15) is 66.6 Å². The van der Waals surface area contributed by atoms with Gasteiger partial charge in [-0.2, -0.15) is 26.3 Å². The molecule has 0 unspecified atom stereocenters. The minimum Gasteiger partial charge on any atom is -0.395 e. The van der Waals surface area contributed by atoms with Crippen molar-refractivity contribution in [3.8, 4) is 11.1 Å². The molecular formula is C49H52F6N4O7S3. The van der Waals surface area contributed by atoms with E-state index in [9.17, 15) is 58.2 Å². The Morgan fingerprint density at radius 1 is 0.841 bits per heavy atom. The van der Waals surface area contributed by atoms with Crippen LogP contribution < -0.4 is 14.9 Å².